The van der Waals surface area contributed by atoms with Crippen molar-refractivity contribution in [3.63, 3.8) is 0 Å². The summed E-state index contributed by atoms with van der Waals surface area (Å²) in [4.78, 5) is 23.5. The predicted molar refractivity (Wildman–Crippen MR) is 89.7 cm³/mol. The third-order valence-electron chi connectivity index (χ3n) is 3.50. The molecule has 2 aromatic carbocycles. The second kappa shape index (κ2) is 7.98. The molecular formula is C18H21N3O2. The van der Waals surface area contributed by atoms with Crippen molar-refractivity contribution in [1.29, 1.82) is 0 Å². The van der Waals surface area contributed by atoms with E-state index in [1.165, 1.54) is 0 Å². The van der Waals surface area contributed by atoms with Gasteiger partial charge in [0.05, 0.1) is 0 Å². The van der Waals surface area contributed by atoms with Gasteiger partial charge in [-0.2, -0.15) is 0 Å². The molecule has 5 heteroatoms. The van der Waals surface area contributed by atoms with Gasteiger partial charge in [-0.3, -0.25) is 4.79 Å². The Labute approximate surface area is 135 Å². The third kappa shape index (κ3) is 5.47. The summed E-state index contributed by atoms with van der Waals surface area (Å²) >= 11 is 0. The standard InChI is InChI=1S/C18H21N3O2/c1-13-7-9-15(10-8-13)12-20-17(22)16(21-18(19)23)11-14-5-3-2-4-6-14/h2-10,16H,11-12H2,1H3,(H,20,22)(H3,19,21,23). The molecule has 5 nitrogen and oxygen atoms in total. The SMILES string of the molecule is Cc1ccc(CNC(=O)C(Cc2ccccc2)NC(N)=O)cc1. The first-order valence-corrected chi connectivity index (χ1v) is 7.48. The van der Waals surface area contributed by atoms with E-state index in [1.807, 2.05) is 61.5 Å². The van der Waals surface area contributed by atoms with Gasteiger partial charge < -0.3 is 16.4 Å². The van der Waals surface area contributed by atoms with Crippen molar-refractivity contribution in [2.45, 2.75) is 25.9 Å². The van der Waals surface area contributed by atoms with Crippen molar-refractivity contribution in [3.8, 4) is 0 Å². The number of nitrogens with one attached hydrogen (secondary N) is 2. The number of benzene rings is 2. The molecule has 0 saturated heterocycles. The number of rotatable bonds is 6. The zero-order valence-corrected chi connectivity index (χ0v) is 13.1. The molecule has 0 aliphatic rings. The van der Waals surface area contributed by atoms with Gasteiger partial charge in [0.15, 0.2) is 0 Å². The van der Waals surface area contributed by atoms with Crippen LogP contribution in [0.3, 0.4) is 0 Å². The molecule has 0 heterocycles. The van der Waals surface area contributed by atoms with Gasteiger partial charge in [0, 0.05) is 13.0 Å². The van der Waals surface area contributed by atoms with E-state index in [0.29, 0.717) is 13.0 Å². The number of amides is 3. The van der Waals surface area contributed by atoms with Crippen LogP contribution in [-0.2, 0) is 17.8 Å². The lowest BCUT2D eigenvalue weighted by Gasteiger charge is -2.17. The van der Waals surface area contributed by atoms with Crippen molar-refractivity contribution in [2.24, 2.45) is 5.73 Å². The summed E-state index contributed by atoms with van der Waals surface area (Å²) < 4.78 is 0. The van der Waals surface area contributed by atoms with Crippen LogP contribution in [0, 0.1) is 6.92 Å². The molecule has 120 valence electrons. The first kappa shape index (κ1) is 16.5. The Morgan fingerprint density at radius 3 is 2.26 bits per heavy atom. The fraction of sp³-hybridized carbons (Fsp3) is 0.222. The van der Waals surface area contributed by atoms with E-state index in [1.54, 1.807) is 0 Å². The molecule has 1 atom stereocenters. The van der Waals surface area contributed by atoms with Crippen molar-refractivity contribution >= 4 is 11.9 Å². The van der Waals surface area contributed by atoms with Gasteiger partial charge >= 0.3 is 6.03 Å². The molecule has 0 spiro atoms. The number of carbonyl (C=O) groups excluding carboxylic acids is 2. The average molecular weight is 311 g/mol. The number of primary amides is 1. The predicted octanol–water partition coefficient (Wildman–Crippen LogP) is 1.89. The Morgan fingerprint density at radius 1 is 1.00 bits per heavy atom. The highest BCUT2D eigenvalue weighted by atomic mass is 16.2. The van der Waals surface area contributed by atoms with Crippen LogP contribution in [-0.4, -0.2) is 18.0 Å². The van der Waals surface area contributed by atoms with Gasteiger partial charge in [-0.1, -0.05) is 60.2 Å². The molecule has 0 fully saturated rings. The zero-order valence-electron chi connectivity index (χ0n) is 13.1. The summed E-state index contributed by atoms with van der Waals surface area (Å²) in [6, 6.07) is 16.0. The first-order valence-electron chi connectivity index (χ1n) is 7.48. The molecule has 2 aromatic rings. The molecule has 0 saturated carbocycles. The lowest BCUT2D eigenvalue weighted by Crippen LogP contribution is -2.49. The van der Waals surface area contributed by atoms with E-state index in [-0.39, 0.29) is 5.91 Å². The minimum atomic E-state index is -0.712. The van der Waals surface area contributed by atoms with E-state index in [9.17, 15) is 9.59 Å². The highest BCUT2D eigenvalue weighted by Crippen LogP contribution is 2.05. The monoisotopic (exact) mass is 311 g/mol. The van der Waals surface area contributed by atoms with Crippen LogP contribution in [0.15, 0.2) is 54.6 Å². The van der Waals surface area contributed by atoms with Crippen LogP contribution in [0.5, 0.6) is 0 Å². The highest BCUT2D eigenvalue weighted by Gasteiger charge is 2.19. The van der Waals surface area contributed by atoms with Crippen molar-refractivity contribution < 1.29 is 9.59 Å². The summed E-state index contributed by atoms with van der Waals surface area (Å²) in [7, 11) is 0. The largest absolute Gasteiger partial charge is 0.352 e. The fourth-order valence-corrected chi connectivity index (χ4v) is 2.25. The Hall–Kier alpha value is -2.82. The fourth-order valence-electron chi connectivity index (χ4n) is 2.25. The lowest BCUT2D eigenvalue weighted by molar-refractivity contribution is -0.123. The van der Waals surface area contributed by atoms with Gasteiger partial charge in [0.1, 0.15) is 6.04 Å². The average Bonchev–Trinajstić information content (AvgIpc) is 2.54. The molecule has 0 aliphatic carbocycles. The van der Waals surface area contributed by atoms with Gasteiger partial charge in [0.25, 0.3) is 0 Å². The first-order chi connectivity index (χ1) is 11.0. The van der Waals surface area contributed by atoms with Crippen LogP contribution < -0.4 is 16.4 Å². The molecule has 4 N–H and O–H groups in total. The topological polar surface area (TPSA) is 84.2 Å². The number of carbonyl (C=O) groups is 2. The number of hydrogen-bond donors (Lipinski definition) is 3. The smallest absolute Gasteiger partial charge is 0.312 e. The summed E-state index contributed by atoms with van der Waals surface area (Å²) in [5.41, 5.74) is 8.30. The number of nitrogens with two attached hydrogens (primary N) is 1. The van der Waals surface area contributed by atoms with Gasteiger partial charge in [-0.25, -0.2) is 4.79 Å². The maximum atomic E-state index is 12.3. The molecule has 0 aromatic heterocycles. The molecular weight excluding hydrogens is 290 g/mol. The number of urea groups is 1. The Morgan fingerprint density at radius 2 is 1.65 bits per heavy atom. The van der Waals surface area contributed by atoms with Gasteiger partial charge in [0.2, 0.25) is 5.91 Å². The van der Waals surface area contributed by atoms with Crippen LogP contribution in [0.25, 0.3) is 0 Å². The molecule has 0 radical (unpaired) electrons. The second-order valence-electron chi connectivity index (χ2n) is 5.45. The lowest BCUT2D eigenvalue weighted by atomic mass is 10.1. The van der Waals surface area contributed by atoms with Crippen LogP contribution in [0.1, 0.15) is 16.7 Å². The van der Waals surface area contributed by atoms with Gasteiger partial charge in [-0.15, -0.1) is 0 Å². The summed E-state index contributed by atoms with van der Waals surface area (Å²) in [6.45, 7) is 2.42. The van der Waals surface area contributed by atoms with Crippen molar-refractivity contribution in [3.05, 3.63) is 71.3 Å². The van der Waals surface area contributed by atoms with Crippen LogP contribution in [0.4, 0.5) is 4.79 Å². The quantitative estimate of drug-likeness (QED) is 0.761. The van der Waals surface area contributed by atoms with E-state index >= 15 is 0 Å². The van der Waals surface area contributed by atoms with Gasteiger partial charge in [-0.05, 0) is 18.1 Å². The molecule has 3 amide bonds. The summed E-state index contributed by atoms with van der Waals surface area (Å²) in [5.74, 6) is -0.256. The maximum absolute atomic E-state index is 12.3. The normalized spacial score (nSPS) is 11.5. The second-order valence-corrected chi connectivity index (χ2v) is 5.45. The van der Waals surface area contributed by atoms with E-state index < -0.39 is 12.1 Å². The number of aryl methyl sites for hydroxylation is 1. The van der Waals surface area contributed by atoms with Crippen LogP contribution in [0.2, 0.25) is 0 Å². The van der Waals surface area contributed by atoms with E-state index in [4.69, 9.17) is 5.73 Å². The molecule has 2 rings (SSSR count). The minimum Gasteiger partial charge on any atom is -0.352 e. The Balaban J connectivity index is 1.98. The molecule has 0 bridgehead atoms. The Bertz CT molecular complexity index is 654. The molecule has 23 heavy (non-hydrogen) atoms. The summed E-state index contributed by atoms with van der Waals surface area (Å²) in [5, 5.41) is 5.34. The third-order valence-corrected chi connectivity index (χ3v) is 3.50. The molecule has 0 aliphatic heterocycles. The number of hydrogen-bond acceptors (Lipinski definition) is 2. The summed E-state index contributed by atoms with van der Waals surface area (Å²) in [6.07, 6.45) is 0.392. The van der Waals surface area contributed by atoms with Crippen molar-refractivity contribution in [1.82, 2.24) is 10.6 Å². The minimum absolute atomic E-state index is 0.256. The van der Waals surface area contributed by atoms with Crippen molar-refractivity contribution in [2.75, 3.05) is 0 Å². The highest BCUT2D eigenvalue weighted by molar-refractivity contribution is 5.86. The van der Waals surface area contributed by atoms with Crippen LogP contribution >= 0.6 is 0 Å². The zero-order chi connectivity index (χ0) is 16.7. The molecule has 1 unspecified atom stereocenters. The van der Waals surface area contributed by atoms with E-state index in [2.05, 4.69) is 10.6 Å². The van der Waals surface area contributed by atoms with E-state index in [0.717, 1.165) is 16.7 Å². The maximum Gasteiger partial charge on any atom is 0.312 e. The Kier molecular flexibility index (Phi) is 5.74.